The minimum atomic E-state index is -0.954. The van der Waals surface area contributed by atoms with Crippen molar-refractivity contribution in [1.82, 2.24) is 0 Å². The van der Waals surface area contributed by atoms with Crippen molar-refractivity contribution in [2.24, 2.45) is 0 Å². The van der Waals surface area contributed by atoms with E-state index in [2.05, 4.69) is 0 Å². The lowest BCUT2D eigenvalue weighted by atomic mass is 10.1. The molecule has 2 rings (SSSR count). The molecule has 0 saturated heterocycles. The predicted molar refractivity (Wildman–Crippen MR) is 82.6 cm³/mol. The number of aliphatic hydroxyl groups is 1. The summed E-state index contributed by atoms with van der Waals surface area (Å²) in [7, 11) is 0. The number of aliphatic carboxylic acids is 1. The van der Waals surface area contributed by atoms with Crippen molar-refractivity contribution in [3.8, 4) is 5.75 Å². The van der Waals surface area contributed by atoms with Gasteiger partial charge in [0.2, 0.25) is 0 Å². The second-order valence-electron chi connectivity index (χ2n) is 4.38. The predicted octanol–water partition coefficient (Wildman–Crippen LogP) is 2.96. The highest BCUT2D eigenvalue weighted by atomic mass is 32.1. The first-order valence-electron chi connectivity index (χ1n) is 6.49. The van der Waals surface area contributed by atoms with Gasteiger partial charge in [-0.2, -0.15) is 0 Å². The van der Waals surface area contributed by atoms with Gasteiger partial charge in [-0.1, -0.05) is 12.1 Å². The Kier molecular flexibility index (Phi) is 5.54. The Morgan fingerprint density at radius 2 is 1.95 bits per heavy atom. The van der Waals surface area contributed by atoms with E-state index in [9.17, 15) is 4.79 Å². The van der Waals surface area contributed by atoms with Crippen molar-refractivity contribution >= 4 is 23.4 Å². The zero-order chi connectivity index (χ0) is 15.1. The van der Waals surface area contributed by atoms with Crippen LogP contribution in [-0.2, 0) is 17.8 Å². The summed E-state index contributed by atoms with van der Waals surface area (Å²) in [4.78, 5) is 12.4. The number of benzene rings is 1. The molecular weight excluding hydrogens is 288 g/mol. The van der Waals surface area contributed by atoms with Gasteiger partial charge in [-0.15, -0.1) is 11.3 Å². The first-order chi connectivity index (χ1) is 10.2. The molecule has 4 nitrogen and oxygen atoms in total. The highest BCUT2D eigenvalue weighted by Gasteiger charge is 2.01. The summed E-state index contributed by atoms with van der Waals surface area (Å²) in [5, 5.41) is 17.4. The Labute approximate surface area is 126 Å². The lowest BCUT2D eigenvalue weighted by Crippen LogP contribution is -1.94. The Hall–Kier alpha value is -2.11. The largest absolute Gasteiger partial charge is 0.488 e. The zero-order valence-corrected chi connectivity index (χ0v) is 12.2. The number of aliphatic hydroxyl groups excluding tert-OH is 1. The first-order valence-corrected chi connectivity index (χ1v) is 7.31. The number of thiophene rings is 1. The average Bonchev–Trinajstić information content (AvgIpc) is 2.93. The van der Waals surface area contributed by atoms with Crippen LogP contribution >= 0.6 is 11.3 Å². The standard InChI is InChI=1S/C16H16O4S/c17-10-9-12-1-3-13(4-2-12)20-11-15-6-5-14(21-15)7-8-16(18)19/h1-8,17H,9-11H2,(H,18,19)/b8-7+. The molecule has 5 heteroatoms. The lowest BCUT2D eigenvalue weighted by Gasteiger charge is -2.05. The molecular formula is C16H16O4S. The third-order valence-electron chi connectivity index (χ3n) is 2.78. The molecule has 0 bridgehead atoms. The average molecular weight is 304 g/mol. The molecule has 110 valence electrons. The van der Waals surface area contributed by atoms with E-state index in [0.29, 0.717) is 13.0 Å². The molecule has 21 heavy (non-hydrogen) atoms. The molecule has 0 fully saturated rings. The summed E-state index contributed by atoms with van der Waals surface area (Å²) in [6, 6.07) is 11.4. The van der Waals surface area contributed by atoms with Crippen LogP contribution in [0.15, 0.2) is 42.5 Å². The van der Waals surface area contributed by atoms with Crippen molar-refractivity contribution in [3.63, 3.8) is 0 Å². The number of hydrogen-bond acceptors (Lipinski definition) is 4. The summed E-state index contributed by atoms with van der Waals surface area (Å²) in [6.07, 6.45) is 3.33. The van der Waals surface area contributed by atoms with E-state index >= 15 is 0 Å². The second kappa shape index (κ2) is 7.61. The van der Waals surface area contributed by atoms with E-state index in [4.69, 9.17) is 14.9 Å². The lowest BCUT2D eigenvalue weighted by molar-refractivity contribution is -0.131. The molecule has 0 radical (unpaired) electrons. The van der Waals surface area contributed by atoms with Gasteiger partial charge in [0.15, 0.2) is 0 Å². The van der Waals surface area contributed by atoms with Crippen LogP contribution in [0.5, 0.6) is 5.75 Å². The molecule has 1 heterocycles. The Morgan fingerprint density at radius 3 is 2.62 bits per heavy atom. The fraction of sp³-hybridized carbons (Fsp3) is 0.188. The van der Waals surface area contributed by atoms with Crippen LogP contribution in [0.2, 0.25) is 0 Å². The Morgan fingerprint density at radius 1 is 1.19 bits per heavy atom. The number of ether oxygens (including phenoxy) is 1. The molecule has 0 unspecified atom stereocenters. The maximum atomic E-state index is 10.4. The third kappa shape index (κ3) is 5.06. The van der Waals surface area contributed by atoms with E-state index in [0.717, 1.165) is 27.1 Å². The molecule has 0 spiro atoms. The van der Waals surface area contributed by atoms with Crippen molar-refractivity contribution in [3.05, 3.63) is 57.8 Å². The van der Waals surface area contributed by atoms with Gasteiger partial charge in [-0.3, -0.25) is 0 Å². The first kappa shape index (κ1) is 15.3. The number of carboxylic acids is 1. The van der Waals surface area contributed by atoms with Crippen molar-refractivity contribution in [1.29, 1.82) is 0 Å². The van der Waals surface area contributed by atoms with E-state index in [1.54, 1.807) is 6.08 Å². The van der Waals surface area contributed by atoms with Crippen LogP contribution < -0.4 is 4.74 Å². The molecule has 0 amide bonds. The summed E-state index contributed by atoms with van der Waals surface area (Å²) >= 11 is 1.50. The minimum Gasteiger partial charge on any atom is -0.488 e. The van der Waals surface area contributed by atoms with Crippen LogP contribution in [-0.4, -0.2) is 22.8 Å². The smallest absolute Gasteiger partial charge is 0.328 e. The minimum absolute atomic E-state index is 0.141. The molecule has 1 aromatic carbocycles. The van der Waals surface area contributed by atoms with Gasteiger partial charge < -0.3 is 14.9 Å². The van der Waals surface area contributed by atoms with Crippen molar-refractivity contribution < 1.29 is 19.7 Å². The normalized spacial score (nSPS) is 10.9. The van der Waals surface area contributed by atoms with Crippen LogP contribution in [0.3, 0.4) is 0 Å². The van der Waals surface area contributed by atoms with E-state index < -0.39 is 5.97 Å². The summed E-state index contributed by atoms with van der Waals surface area (Å²) in [5.41, 5.74) is 1.07. The number of carbonyl (C=O) groups is 1. The maximum Gasteiger partial charge on any atom is 0.328 e. The van der Waals surface area contributed by atoms with E-state index in [1.807, 2.05) is 36.4 Å². The van der Waals surface area contributed by atoms with Gasteiger partial charge in [0.05, 0.1) is 0 Å². The van der Waals surface area contributed by atoms with Crippen LogP contribution in [0.1, 0.15) is 15.3 Å². The van der Waals surface area contributed by atoms with Gasteiger partial charge in [-0.25, -0.2) is 4.79 Å². The summed E-state index contributed by atoms with van der Waals surface area (Å²) in [5.74, 6) is -0.183. The fourth-order valence-electron chi connectivity index (χ4n) is 1.75. The van der Waals surface area contributed by atoms with Gasteiger partial charge in [0.25, 0.3) is 0 Å². The zero-order valence-electron chi connectivity index (χ0n) is 11.4. The third-order valence-corrected chi connectivity index (χ3v) is 3.80. The van der Waals surface area contributed by atoms with Gasteiger partial charge in [0.1, 0.15) is 12.4 Å². The molecule has 0 atom stereocenters. The number of carboxylic acid groups (broad SMARTS) is 1. The Bertz CT molecular complexity index is 613. The highest BCUT2D eigenvalue weighted by Crippen LogP contribution is 2.20. The Balaban J connectivity index is 1.89. The monoisotopic (exact) mass is 304 g/mol. The molecule has 0 saturated carbocycles. The molecule has 1 aromatic heterocycles. The van der Waals surface area contributed by atoms with Gasteiger partial charge in [-0.05, 0) is 42.3 Å². The van der Waals surface area contributed by atoms with Crippen LogP contribution in [0.25, 0.3) is 6.08 Å². The van der Waals surface area contributed by atoms with E-state index in [1.165, 1.54) is 11.3 Å². The quantitative estimate of drug-likeness (QED) is 0.772. The van der Waals surface area contributed by atoms with Crippen molar-refractivity contribution in [2.45, 2.75) is 13.0 Å². The molecule has 0 aliphatic carbocycles. The topological polar surface area (TPSA) is 66.8 Å². The molecule has 0 aliphatic rings. The molecule has 0 aliphatic heterocycles. The van der Waals surface area contributed by atoms with Gasteiger partial charge in [0, 0.05) is 22.4 Å². The van der Waals surface area contributed by atoms with Crippen molar-refractivity contribution in [2.75, 3.05) is 6.61 Å². The SMILES string of the molecule is O=C(O)/C=C/c1ccc(COc2ccc(CCO)cc2)s1. The fourth-order valence-corrected chi connectivity index (χ4v) is 2.58. The van der Waals surface area contributed by atoms with Crippen LogP contribution in [0, 0.1) is 0 Å². The second-order valence-corrected chi connectivity index (χ2v) is 5.58. The summed E-state index contributed by atoms with van der Waals surface area (Å²) in [6.45, 7) is 0.590. The maximum absolute atomic E-state index is 10.4. The molecule has 2 aromatic rings. The summed E-state index contributed by atoms with van der Waals surface area (Å²) < 4.78 is 5.67. The highest BCUT2D eigenvalue weighted by molar-refractivity contribution is 7.12. The number of hydrogen-bond donors (Lipinski definition) is 2. The van der Waals surface area contributed by atoms with Gasteiger partial charge >= 0.3 is 5.97 Å². The number of rotatable bonds is 7. The van der Waals surface area contributed by atoms with Crippen LogP contribution in [0.4, 0.5) is 0 Å². The molecule has 2 N–H and O–H groups in total. The van der Waals surface area contributed by atoms with E-state index in [-0.39, 0.29) is 6.61 Å².